The van der Waals surface area contributed by atoms with E-state index in [-0.39, 0.29) is 4.75 Å². The minimum absolute atomic E-state index is 0.217. The standard InChI is InChI=1S/C7H15NOS/c1-5-6-8-10(9)7(2,3)4/h6H,5H2,1-4H3/b8-6-. The Bertz CT molecular complexity index is 117. The maximum Gasteiger partial charge on any atom is 0.144 e. The van der Waals surface area contributed by atoms with Gasteiger partial charge in [0.05, 0.1) is 6.21 Å². The molecule has 0 fully saturated rings. The van der Waals surface area contributed by atoms with Crippen molar-refractivity contribution in [3.63, 3.8) is 0 Å². The van der Waals surface area contributed by atoms with Gasteiger partial charge in [-0.15, -0.1) is 0 Å². The second kappa shape index (κ2) is 3.98. The summed E-state index contributed by atoms with van der Waals surface area (Å²) in [4.78, 5) is 0. The third-order valence-corrected chi connectivity index (χ3v) is 2.26. The fraction of sp³-hybridized carbons (Fsp3) is 0.857. The summed E-state index contributed by atoms with van der Waals surface area (Å²) in [7, 11) is 0. The Morgan fingerprint density at radius 2 is 2.00 bits per heavy atom. The van der Waals surface area contributed by atoms with Crippen molar-refractivity contribution in [2.75, 3.05) is 0 Å². The van der Waals surface area contributed by atoms with Crippen LogP contribution in [0.3, 0.4) is 0 Å². The van der Waals surface area contributed by atoms with Gasteiger partial charge < -0.3 is 4.55 Å². The molecule has 0 spiro atoms. The molecule has 3 heteroatoms. The van der Waals surface area contributed by atoms with Crippen LogP contribution in [0.4, 0.5) is 0 Å². The van der Waals surface area contributed by atoms with Crippen LogP contribution in [0.2, 0.25) is 0 Å². The van der Waals surface area contributed by atoms with Gasteiger partial charge in [-0.05, 0) is 27.2 Å². The molecule has 0 bridgehead atoms. The van der Waals surface area contributed by atoms with Crippen LogP contribution in [0.15, 0.2) is 4.40 Å². The van der Waals surface area contributed by atoms with E-state index in [1.165, 1.54) is 0 Å². The molecule has 1 unspecified atom stereocenters. The normalized spacial score (nSPS) is 16.1. The molecule has 0 aliphatic carbocycles. The van der Waals surface area contributed by atoms with Crippen molar-refractivity contribution in [3.8, 4) is 0 Å². The van der Waals surface area contributed by atoms with Crippen LogP contribution in [0.5, 0.6) is 0 Å². The highest BCUT2D eigenvalue weighted by atomic mass is 32.2. The lowest BCUT2D eigenvalue weighted by atomic mass is 10.3. The third kappa shape index (κ3) is 3.90. The Kier molecular flexibility index (Phi) is 3.98. The monoisotopic (exact) mass is 161 g/mol. The van der Waals surface area contributed by atoms with Crippen LogP contribution in [0, 0.1) is 0 Å². The topological polar surface area (TPSA) is 35.4 Å². The largest absolute Gasteiger partial charge is 0.591 e. The van der Waals surface area contributed by atoms with E-state index in [1.54, 1.807) is 6.21 Å². The molecule has 10 heavy (non-hydrogen) atoms. The van der Waals surface area contributed by atoms with Crippen LogP contribution in [0.25, 0.3) is 0 Å². The van der Waals surface area contributed by atoms with Crippen LogP contribution >= 0.6 is 0 Å². The summed E-state index contributed by atoms with van der Waals surface area (Å²) in [6.45, 7) is 7.71. The molecule has 0 rings (SSSR count). The van der Waals surface area contributed by atoms with Gasteiger partial charge in [0.1, 0.15) is 16.1 Å². The van der Waals surface area contributed by atoms with Gasteiger partial charge in [-0.1, -0.05) is 11.3 Å². The van der Waals surface area contributed by atoms with Gasteiger partial charge >= 0.3 is 0 Å². The lowest BCUT2D eigenvalue weighted by Crippen LogP contribution is -2.25. The van der Waals surface area contributed by atoms with Crippen LogP contribution in [-0.2, 0) is 11.4 Å². The van der Waals surface area contributed by atoms with E-state index in [2.05, 4.69) is 4.40 Å². The van der Waals surface area contributed by atoms with E-state index in [9.17, 15) is 4.55 Å². The lowest BCUT2D eigenvalue weighted by molar-refractivity contribution is 0.561. The second-order valence-electron chi connectivity index (χ2n) is 3.06. The Hall–Kier alpha value is -0.0200. The van der Waals surface area contributed by atoms with Crippen molar-refractivity contribution in [3.05, 3.63) is 0 Å². The molecule has 0 saturated carbocycles. The maximum absolute atomic E-state index is 11.1. The summed E-state index contributed by atoms with van der Waals surface area (Å²) in [6, 6.07) is 0. The van der Waals surface area contributed by atoms with E-state index in [4.69, 9.17) is 0 Å². The first-order valence-corrected chi connectivity index (χ1v) is 4.53. The van der Waals surface area contributed by atoms with Gasteiger partial charge in [-0.3, -0.25) is 0 Å². The van der Waals surface area contributed by atoms with Crippen molar-refractivity contribution in [1.29, 1.82) is 0 Å². The first kappa shape index (κ1) is 9.98. The summed E-state index contributed by atoms with van der Waals surface area (Å²) in [5, 5.41) is 0. The second-order valence-corrected chi connectivity index (χ2v) is 4.99. The molecule has 0 radical (unpaired) electrons. The fourth-order valence-electron chi connectivity index (χ4n) is 0.300. The lowest BCUT2D eigenvalue weighted by Gasteiger charge is -2.17. The summed E-state index contributed by atoms with van der Waals surface area (Å²) >= 11 is -1.07. The molecule has 0 aliphatic rings. The Morgan fingerprint density at radius 1 is 1.50 bits per heavy atom. The first-order valence-electron chi connectivity index (χ1n) is 3.43. The molecule has 0 amide bonds. The number of hydrogen-bond acceptors (Lipinski definition) is 2. The number of nitrogens with zero attached hydrogens (tertiary/aromatic N) is 1. The molecule has 0 N–H and O–H groups in total. The zero-order valence-electron chi connectivity index (χ0n) is 7.05. The average molecular weight is 161 g/mol. The van der Waals surface area contributed by atoms with Gasteiger partial charge in [-0.2, -0.15) is 0 Å². The molecule has 60 valence electrons. The molecule has 0 saturated heterocycles. The molecule has 1 atom stereocenters. The van der Waals surface area contributed by atoms with Gasteiger partial charge in [0.15, 0.2) is 0 Å². The van der Waals surface area contributed by atoms with Gasteiger partial charge in [0.25, 0.3) is 0 Å². The summed E-state index contributed by atoms with van der Waals surface area (Å²) < 4.78 is 14.8. The van der Waals surface area contributed by atoms with E-state index in [1.807, 2.05) is 27.7 Å². The summed E-state index contributed by atoms with van der Waals surface area (Å²) in [5.74, 6) is 0. The van der Waals surface area contributed by atoms with Gasteiger partial charge in [0.2, 0.25) is 0 Å². The van der Waals surface area contributed by atoms with Gasteiger partial charge in [-0.25, -0.2) is 0 Å². The van der Waals surface area contributed by atoms with Crippen molar-refractivity contribution in [2.45, 2.75) is 38.9 Å². The number of hydrogen-bond donors (Lipinski definition) is 0. The van der Waals surface area contributed by atoms with Crippen LogP contribution < -0.4 is 0 Å². The molecule has 0 heterocycles. The van der Waals surface area contributed by atoms with E-state index in [0.717, 1.165) is 6.42 Å². The van der Waals surface area contributed by atoms with Crippen LogP contribution in [0.1, 0.15) is 34.1 Å². The van der Waals surface area contributed by atoms with Crippen molar-refractivity contribution in [1.82, 2.24) is 0 Å². The maximum atomic E-state index is 11.1. The molecule has 0 aromatic heterocycles. The van der Waals surface area contributed by atoms with Crippen molar-refractivity contribution in [2.24, 2.45) is 4.40 Å². The summed E-state index contributed by atoms with van der Waals surface area (Å²) in [5.41, 5.74) is 0. The summed E-state index contributed by atoms with van der Waals surface area (Å²) in [6.07, 6.45) is 2.54. The number of rotatable bonds is 2. The third-order valence-electron chi connectivity index (χ3n) is 0.877. The Labute approximate surface area is 66.1 Å². The molecular formula is C7H15NOS. The molecule has 0 aromatic rings. The van der Waals surface area contributed by atoms with E-state index in [0.29, 0.717) is 0 Å². The predicted octanol–water partition coefficient (Wildman–Crippen LogP) is 1.93. The highest BCUT2D eigenvalue weighted by Crippen LogP contribution is 2.16. The predicted molar refractivity (Wildman–Crippen MR) is 46.7 cm³/mol. The smallest absolute Gasteiger partial charge is 0.144 e. The average Bonchev–Trinajstić information content (AvgIpc) is 1.80. The zero-order valence-corrected chi connectivity index (χ0v) is 7.86. The van der Waals surface area contributed by atoms with Crippen molar-refractivity contribution >= 4 is 17.6 Å². The molecular weight excluding hydrogens is 146 g/mol. The fourth-order valence-corrected chi connectivity index (χ4v) is 0.901. The molecule has 2 nitrogen and oxygen atoms in total. The van der Waals surface area contributed by atoms with E-state index >= 15 is 0 Å². The van der Waals surface area contributed by atoms with Gasteiger partial charge in [0, 0.05) is 0 Å². The quantitative estimate of drug-likeness (QED) is 0.450. The molecule has 0 aromatic carbocycles. The molecule has 0 aliphatic heterocycles. The van der Waals surface area contributed by atoms with Crippen molar-refractivity contribution < 1.29 is 4.55 Å². The Morgan fingerprint density at radius 3 is 2.30 bits per heavy atom. The highest BCUT2D eigenvalue weighted by molar-refractivity contribution is 7.91. The SMILES string of the molecule is CC/C=N\[S+]([O-])C(C)(C)C. The first-order chi connectivity index (χ1) is 4.48. The Balaban J connectivity index is 3.84. The zero-order chi connectivity index (χ0) is 8.20. The van der Waals surface area contributed by atoms with Crippen LogP contribution in [-0.4, -0.2) is 15.5 Å². The minimum Gasteiger partial charge on any atom is -0.591 e. The van der Waals surface area contributed by atoms with E-state index < -0.39 is 11.4 Å². The minimum atomic E-state index is -1.07. The highest BCUT2D eigenvalue weighted by Gasteiger charge is 2.25.